The van der Waals surface area contributed by atoms with Crippen LogP contribution in [0, 0.1) is 6.92 Å². The van der Waals surface area contributed by atoms with Crippen molar-refractivity contribution in [1.82, 2.24) is 4.31 Å². The van der Waals surface area contributed by atoms with E-state index < -0.39 is 10.0 Å². The number of sulfonamides is 1. The van der Waals surface area contributed by atoms with Gasteiger partial charge in [0.25, 0.3) is 0 Å². The van der Waals surface area contributed by atoms with Crippen molar-refractivity contribution >= 4 is 26.0 Å². The van der Waals surface area contributed by atoms with Gasteiger partial charge in [-0.3, -0.25) is 0 Å². The number of aryl methyl sites for hydroxylation is 1. The molecule has 0 aliphatic carbocycles. The Hall–Kier alpha value is -0.650. The Kier molecular flexibility index (Phi) is 5.13. The van der Waals surface area contributed by atoms with Crippen molar-refractivity contribution in [2.75, 3.05) is 6.54 Å². The zero-order valence-electron chi connectivity index (χ0n) is 10.9. The van der Waals surface area contributed by atoms with Crippen molar-refractivity contribution in [2.45, 2.75) is 31.7 Å². The van der Waals surface area contributed by atoms with Gasteiger partial charge in [-0.1, -0.05) is 12.1 Å². The topological polar surface area (TPSA) is 37.4 Å². The average molecular weight is 332 g/mol. The Morgan fingerprint density at radius 3 is 2.50 bits per heavy atom. The fraction of sp³-hybridized carbons (Fsp3) is 0.385. The maximum atomic E-state index is 12.5. The van der Waals surface area contributed by atoms with Crippen LogP contribution in [0.5, 0.6) is 0 Å². The molecule has 1 aromatic rings. The van der Waals surface area contributed by atoms with E-state index in [2.05, 4.69) is 22.5 Å². The summed E-state index contributed by atoms with van der Waals surface area (Å²) in [7, 11) is -3.49. The SMILES string of the molecule is C=CCN(C(C)C)S(=O)(=O)c1ccc(C)cc1Br. The Bertz CT molecular complexity index is 538. The zero-order valence-corrected chi connectivity index (χ0v) is 13.3. The molecule has 0 bridgehead atoms. The van der Waals surface area contributed by atoms with E-state index in [0.29, 0.717) is 15.9 Å². The molecule has 0 spiro atoms. The predicted molar refractivity (Wildman–Crippen MR) is 78.1 cm³/mol. The van der Waals surface area contributed by atoms with Gasteiger partial charge in [0.05, 0.1) is 4.90 Å². The monoisotopic (exact) mass is 331 g/mol. The third-order valence-corrected chi connectivity index (χ3v) is 5.58. The molecule has 0 heterocycles. The van der Waals surface area contributed by atoms with Crippen LogP contribution in [0.4, 0.5) is 0 Å². The summed E-state index contributed by atoms with van der Waals surface area (Å²) in [5, 5.41) is 0. The summed E-state index contributed by atoms with van der Waals surface area (Å²) in [6.07, 6.45) is 1.60. The minimum Gasteiger partial charge on any atom is -0.207 e. The van der Waals surface area contributed by atoms with Gasteiger partial charge in [0.2, 0.25) is 10.0 Å². The van der Waals surface area contributed by atoms with Gasteiger partial charge in [0.15, 0.2) is 0 Å². The van der Waals surface area contributed by atoms with E-state index in [1.165, 1.54) is 4.31 Å². The van der Waals surface area contributed by atoms with E-state index in [1.54, 1.807) is 24.3 Å². The molecule has 0 aromatic heterocycles. The first-order chi connectivity index (χ1) is 8.30. The van der Waals surface area contributed by atoms with Crippen molar-refractivity contribution in [1.29, 1.82) is 0 Å². The number of nitrogens with zero attached hydrogens (tertiary/aromatic N) is 1. The molecule has 0 radical (unpaired) electrons. The van der Waals surface area contributed by atoms with Crippen molar-refractivity contribution in [3.8, 4) is 0 Å². The maximum Gasteiger partial charge on any atom is 0.244 e. The van der Waals surface area contributed by atoms with E-state index >= 15 is 0 Å². The highest BCUT2D eigenvalue weighted by Gasteiger charge is 2.27. The van der Waals surface area contributed by atoms with E-state index in [4.69, 9.17) is 0 Å². The standard InChI is InChI=1S/C13H18BrNO2S/c1-5-8-15(10(2)3)18(16,17)13-7-6-11(4)9-12(13)14/h5-7,9-10H,1,8H2,2-4H3. The molecule has 1 rings (SSSR count). The van der Waals surface area contributed by atoms with Gasteiger partial charge in [-0.05, 0) is 54.4 Å². The first kappa shape index (κ1) is 15.4. The molecule has 1 aromatic carbocycles. The van der Waals surface area contributed by atoms with Crippen LogP contribution < -0.4 is 0 Å². The zero-order chi connectivity index (χ0) is 13.9. The first-order valence-electron chi connectivity index (χ1n) is 5.69. The lowest BCUT2D eigenvalue weighted by Gasteiger charge is -2.25. The fourth-order valence-corrected chi connectivity index (χ4v) is 4.42. The molecule has 0 amide bonds. The fourth-order valence-electron chi connectivity index (χ4n) is 1.66. The van der Waals surface area contributed by atoms with Crippen LogP contribution in [-0.2, 0) is 10.0 Å². The Balaban J connectivity index is 3.30. The number of benzene rings is 1. The third kappa shape index (κ3) is 3.22. The summed E-state index contributed by atoms with van der Waals surface area (Å²) in [5.74, 6) is 0. The number of hydrogen-bond acceptors (Lipinski definition) is 2. The molecule has 0 unspecified atom stereocenters. The van der Waals surface area contributed by atoms with Crippen LogP contribution in [0.15, 0.2) is 40.2 Å². The number of rotatable bonds is 5. The molecule has 0 N–H and O–H groups in total. The van der Waals surface area contributed by atoms with E-state index in [1.807, 2.05) is 20.8 Å². The van der Waals surface area contributed by atoms with Crippen LogP contribution in [0.3, 0.4) is 0 Å². The average Bonchev–Trinajstić information content (AvgIpc) is 2.24. The molecule has 0 fully saturated rings. The lowest BCUT2D eigenvalue weighted by molar-refractivity contribution is 0.382. The van der Waals surface area contributed by atoms with Gasteiger partial charge in [-0.15, -0.1) is 6.58 Å². The summed E-state index contributed by atoms with van der Waals surface area (Å²) in [6.45, 7) is 9.54. The minimum atomic E-state index is -3.49. The van der Waals surface area contributed by atoms with Crippen LogP contribution in [0.2, 0.25) is 0 Å². The summed E-state index contributed by atoms with van der Waals surface area (Å²) in [6, 6.07) is 5.12. The largest absolute Gasteiger partial charge is 0.244 e. The molecule has 0 saturated heterocycles. The lowest BCUT2D eigenvalue weighted by atomic mass is 10.2. The van der Waals surface area contributed by atoms with Gasteiger partial charge in [0, 0.05) is 17.1 Å². The van der Waals surface area contributed by atoms with Gasteiger partial charge < -0.3 is 0 Å². The van der Waals surface area contributed by atoms with Gasteiger partial charge in [0.1, 0.15) is 0 Å². The van der Waals surface area contributed by atoms with Crippen molar-refractivity contribution in [2.24, 2.45) is 0 Å². The molecule has 0 aliphatic heterocycles. The predicted octanol–water partition coefficient (Wildman–Crippen LogP) is 3.34. The minimum absolute atomic E-state index is 0.110. The molecule has 0 saturated carbocycles. The molecule has 5 heteroatoms. The highest BCUT2D eigenvalue weighted by Crippen LogP contribution is 2.27. The van der Waals surface area contributed by atoms with E-state index in [9.17, 15) is 8.42 Å². The van der Waals surface area contributed by atoms with Gasteiger partial charge in [-0.25, -0.2) is 8.42 Å². The summed E-state index contributed by atoms with van der Waals surface area (Å²) in [4.78, 5) is 0.295. The van der Waals surface area contributed by atoms with E-state index in [-0.39, 0.29) is 6.04 Å². The smallest absolute Gasteiger partial charge is 0.207 e. The Morgan fingerprint density at radius 2 is 2.06 bits per heavy atom. The Labute approximate surface area is 118 Å². The first-order valence-corrected chi connectivity index (χ1v) is 7.93. The molecule has 0 aliphatic rings. The Morgan fingerprint density at radius 1 is 1.44 bits per heavy atom. The molecular formula is C13H18BrNO2S. The second kappa shape index (κ2) is 5.99. The van der Waals surface area contributed by atoms with Gasteiger partial charge in [-0.2, -0.15) is 4.31 Å². The van der Waals surface area contributed by atoms with Gasteiger partial charge >= 0.3 is 0 Å². The normalized spacial score (nSPS) is 12.1. The van der Waals surface area contributed by atoms with E-state index in [0.717, 1.165) is 5.56 Å². The summed E-state index contributed by atoms with van der Waals surface area (Å²) >= 11 is 3.32. The quantitative estimate of drug-likeness (QED) is 0.776. The molecule has 3 nitrogen and oxygen atoms in total. The van der Waals surface area contributed by atoms with Crippen molar-refractivity contribution < 1.29 is 8.42 Å². The summed E-state index contributed by atoms with van der Waals surface area (Å²) in [5.41, 5.74) is 1.01. The van der Waals surface area contributed by atoms with Crippen molar-refractivity contribution in [3.63, 3.8) is 0 Å². The number of halogens is 1. The van der Waals surface area contributed by atoms with Crippen LogP contribution in [0.25, 0.3) is 0 Å². The third-order valence-electron chi connectivity index (χ3n) is 2.56. The second-order valence-corrected chi connectivity index (χ2v) is 7.10. The highest BCUT2D eigenvalue weighted by atomic mass is 79.9. The van der Waals surface area contributed by atoms with Crippen molar-refractivity contribution in [3.05, 3.63) is 40.9 Å². The molecule has 0 atom stereocenters. The molecule has 100 valence electrons. The van der Waals surface area contributed by atoms with Crippen LogP contribution >= 0.6 is 15.9 Å². The molecule has 18 heavy (non-hydrogen) atoms. The van der Waals surface area contributed by atoms with Crippen LogP contribution in [0.1, 0.15) is 19.4 Å². The summed E-state index contributed by atoms with van der Waals surface area (Å²) < 4.78 is 27.1. The number of hydrogen-bond donors (Lipinski definition) is 0. The highest BCUT2D eigenvalue weighted by molar-refractivity contribution is 9.10. The second-order valence-electron chi connectivity index (χ2n) is 4.39. The lowest BCUT2D eigenvalue weighted by Crippen LogP contribution is -2.37. The van der Waals surface area contributed by atoms with Crippen LogP contribution in [-0.4, -0.2) is 25.3 Å². The molecular weight excluding hydrogens is 314 g/mol. The maximum absolute atomic E-state index is 12.5.